The molecule has 0 unspecified atom stereocenters. The molecule has 0 fully saturated rings. The minimum atomic E-state index is 0. The number of hydrogen-bond donors (Lipinski definition) is 1. The molecular formula is C17H15ClN2O. The van der Waals surface area contributed by atoms with Crippen LogP contribution in [0, 0.1) is 0 Å². The lowest BCUT2D eigenvalue weighted by molar-refractivity contribution is -0.680. The van der Waals surface area contributed by atoms with Crippen LogP contribution < -0.4 is 17.0 Å². The van der Waals surface area contributed by atoms with E-state index < -0.39 is 0 Å². The van der Waals surface area contributed by atoms with E-state index in [2.05, 4.69) is 29.6 Å². The Kier molecular flexibility index (Phi) is 4.90. The molecular weight excluding hydrogens is 284 g/mol. The van der Waals surface area contributed by atoms with Crippen LogP contribution >= 0.6 is 0 Å². The number of nitrogens with zero attached hydrogens (tertiary/aromatic N) is 2. The zero-order valence-corrected chi connectivity index (χ0v) is 12.1. The summed E-state index contributed by atoms with van der Waals surface area (Å²) in [6.45, 7) is 0.533. The molecule has 0 saturated heterocycles. The van der Waals surface area contributed by atoms with Gasteiger partial charge in [-0.1, -0.05) is 53.7 Å². The van der Waals surface area contributed by atoms with Gasteiger partial charge in [0.2, 0.25) is 0 Å². The van der Waals surface area contributed by atoms with Crippen molar-refractivity contribution in [1.82, 2.24) is 0 Å². The molecule has 2 aromatic carbocycles. The first-order chi connectivity index (χ1) is 9.86. The highest BCUT2D eigenvalue weighted by molar-refractivity contribution is 5.99. The molecule has 3 aromatic rings. The highest BCUT2D eigenvalue weighted by atomic mass is 35.5. The van der Waals surface area contributed by atoms with Gasteiger partial charge in [-0.25, -0.2) is 0 Å². The summed E-state index contributed by atoms with van der Waals surface area (Å²) in [5, 5.41) is 15.0. The Balaban J connectivity index is 0.00000161. The predicted octanol–water partition coefficient (Wildman–Crippen LogP) is 0.00980. The number of fused-ring (bicyclic) bond motifs is 1. The second-order valence-corrected chi connectivity index (χ2v) is 4.66. The highest BCUT2D eigenvalue weighted by Crippen LogP contribution is 2.10. The van der Waals surface area contributed by atoms with Crippen LogP contribution in [0.3, 0.4) is 0 Å². The number of oxime groups is 1. The van der Waals surface area contributed by atoms with Gasteiger partial charge >= 0.3 is 0 Å². The molecule has 1 heterocycles. The van der Waals surface area contributed by atoms with Gasteiger partial charge < -0.3 is 17.6 Å². The van der Waals surface area contributed by atoms with Crippen molar-refractivity contribution >= 4 is 16.5 Å². The first kappa shape index (κ1) is 15.0. The summed E-state index contributed by atoms with van der Waals surface area (Å²) < 4.78 is 2.02. The maximum atomic E-state index is 9.23. The SMILES string of the molecule is O/N=C(/C[n+]1ccc2ccccc2c1)c1ccccc1.[Cl-]. The fourth-order valence-corrected chi connectivity index (χ4v) is 2.26. The minimum Gasteiger partial charge on any atom is -1.00 e. The number of aromatic nitrogens is 1. The van der Waals surface area contributed by atoms with Gasteiger partial charge in [0, 0.05) is 17.0 Å². The molecule has 0 amide bonds. The van der Waals surface area contributed by atoms with Crippen LogP contribution in [0.5, 0.6) is 0 Å². The molecule has 0 aliphatic carbocycles. The Bertz CT molecular complexity index is 757. The van der Waals surface area contributed by atoms with Crippen LogP contribution in [-0.4, -0.2) is 10.9 Å². The smallest absolute Gasteiger partial charge is 0.194 e. The van der Waals surface area contributed by atoms with E-state index in [-0.39, 0.29) is 12.4 Å². The van der Waals surface area contributed by atoms with Crippen LogP contribution in [0.25, 0.3) is 10.8 Å². The maximum Gasteiger partial charge on any atom is 0.194 e. The number of halogens is 1. The first-order valence-electron chi connectivity index (χ1n) is 6.51. The molecule has 106 valence electrons. The van der Waals surface area contributed by atoms with Crippen LogP contribution in [0.15, 0.2) is 78.2 Å². The van der Waals surface area contributed by atoms with Gasteiger partial charge in [-0.05, 0) is 11.5 Å². The maximum absolute atomic E-state index is 9.23. The molecule has 1 aromatic heterocycles. The Labute approximate surface area is 129 Å². The third-order valence-corrected chi connectivity index (χ3v) is 3.31. The molecule has 0 spiro atoms. The van der Waals surface area contributed by atoms with Gasteiger partial charge in [0.15, 0.2) is 24.7 Å². The Morgan fingerprint density at radius 1 is 0.905 bits per heavy atom. The lowest BCUT2D eigenvalue weighted by Gasteiger charge is -2.02. The topological polar surface area (TPSA) is 36.5 Å². The van der Waals surface area contributed by atoms with Crippen LogP contribution in [-0.2, 0) is 6.54 Å². The van der Waals surface area contributed by atoms with E-state index in [1.54, 1.807) is 0 Å². The van der Waals surface area contributed by atoms with Crippen molar-refractivity contribution in [2.45, 2.75) is 6.54 Å². The summed E-state index contributed by atoms with van der Waals surface area (Å²) in [5.41, 5.74) is 1.57. The van der Waals surface area contributed by atoms with Crippen molar-refractivity contribution in [2.24, 2.45) is 5.16 Å². The number of rotatable bonds is 3. The summed E-state index contributed by atoms with van der Waals surface area (Å²) in [7, 11) is 0. The van der Waals surface area contributed by atoms with Crippen molar-refractivity contribution in [3.63, 3.8) is 0 Å². The molecule has 0 radical (unpaired) electrons. The molecule has 0 aliphatic rings. The van der Waals surface area contributed by atoms with Gasteiger partial charge in [-0.2, -0.15) is 4.57 Å². The van der Waals surface area contributed by atoms with Crippen LogP contribution in [0.4, 0.5) is 0 Å². The quantitative estimate of drug-likeness (QED) is 0.314. The van der Waals surface area contributed by atoms with Crippen molar-refractivity contribution < 1.29 is 22.2 Å². The van der Waals surface area contributed by atoms with E-state index >= 15 is 0 Å². The van der Waals surface area contributed by atoms with E-state index in [1.165, 1.54) is 10.8 Å². The van der Waals surface area contributed by atoms with E-state index in [0.717, 1.165) is 5.56 Å². The second-order valence-electron chi connectivity index (χ2n) is 4.66. The number of benzene rings is 2. The van der Waals surface area contributed by atoms with Crippen molar-refractivity contribution in [3.8, 4) is 0 Å². The molecule has 4 heteroatoms. The number of pyridine rings is 1. The summed E-state index contributed by atoms with van der Waals surface area (Å²) in [6.07, 6.45) is 4.06. The van der Waals surface area contributed by atoms with E-state index in [4.69, 9.17) is 0 Å². The van der Waals surface area contributed by atoms with E-state index in [1.807, 2.05) is 53.2 Å². The van der Waals surface area contributed by atoms with Gasteiger partial charge in [0.25, 0.3) is 0 Å². The number of hydrogen-bond acceptors (Lipinski definition) is 2. The Morgan fingerprint density at radius 3 is 2.29 bits per heavy atom. The first-order valence-corrected chi connectivity index (χ1v) is 6.51. The molecule has 3 nitrogen and oxygen atoms in total. The fraction of sp³-hybridized carbons (Fsp3) is 0.0588. The molecule has 0 bridgehead atoms. The molecule has 3 rings (SSSR count). The molecule has 0 atom stereocenters. The third kappa shape index (κ3) is 3.38. The summed E-state index contributed by atoms with van der Waals surface area (Å²) in [6, 6.07) is 20.0. The monoisotopic (exact) mass is 298 g/mol. The van der Waals surface area contributed by atoms with E-state index in [9.17, 15) is 5.21 Å². The molecule has 0 aliphatic heterocycles. The molecule has 21 heavy (non-hydrogen) atoms. The largest absolute Gasteiger partial charge is 1.00 e. The zero-order valence-electron chi connectivity index (χ0n) is 11.4. The van der Waals surface area contributed by atoms with Crippen molar-refractivity contribution in [1.29, 1.82) is 0 Å². The average molecular weight is 299 g/mol. The molecule has 0 saturated carbocycles. The summed E-state index contributed by atoms with van der Waals surface area (Å²) in [5.74, 6) is 0. The van der Waals surface area contributed by atoms with E-state index in [0.29, 0.717) is 12.3 Å². The van der Waals surface area contributed by atoms with Crippen LogP contribution in [0.1, 0.15) is 5.56 Å². The third-order valence-electron chi connectivity index (χ3n) is 3.31. The van der Waals surface area contributed by atoms with Gasteiger partial charge in [0.05, 0.1) is 0 Å². The highest BCUT2D eigenvalue weighted by Gasteiger charge is 2.11. The standard InChI is InChI=1S/C17H14N2O.ClH/c20-18-17(15-7-2-1-3-8-15)13-19-11-10-14-6-4-5-9-16(14)12-19;/h1-12H,13H2;1H/b18-17-;. The normalized spacial score (nSPS) is 11.1. The van der Waals surface area contributed by atoms with Crippen molar-refractivity contribution in [2.75, 3.05) is 0 Å². The minimum absolute atomic E-state index is 0. The Hall–Kier alpha value is -2.39. The lowest BCUT2D eigenvalue weighted by Crippen LogP contribution is -3.00. The Morgan fingerprint density at radius 2 is 1.57 bits per heavy atom. The van der Waals surface area contributed by atoms with Crippen LogP contribution in [0.2, 0.25) is 0 Å². The summed E-state index contributed by atoms with van der Waals surface area (Å²) in [4.78, 5) is 0. The second kappa shape index (κ2) is 6.86. The van der Waals surface area contributed by atoms with Gasteiger partial charge in [-0.15, -0.1) is 0 Å². The fourth-order valence-electron chi connectivity index (χ4n) is 2.26. The van der Waals surface area contributed by atoms with Gasteiger partial charge in [-0.3, -0.25) is 0 Å². The average Bonchev–Trinajstić information content (AvgIpc) is 2.53. The molecule has 1 N–H and O–H groups in total. The van der Waals surface area contributed by atoms with Crippen molar-refractivity contribution in [3.05, 3.63) is 78.6 Å². The summed E-state index contributed by atoms with van der Waals surface area (Å²) >= 11 is 0. The lowest BCUT2D eigenvalue weighted by atomic mass is 10.1. The zero-order chi connectivity index (χ0) is 13.8. The van der Waals surface area contributed by atoms with Gasteiger partial charge in [0.1, 0.15) is 0 Å². The predicted molar refractivity (Wildman–Crippen MR) is 78.9 cm³/mol.